The van der Waals surface area contributed by atoms with Crippen molar-refractivity contribution < 1.29 is 4.79 Å². The van der Waals surface area contributed by atoms with Crippen LogP contribution in [-0.2, 0) is 4.79 Å². The summed E-state index contributed by atoms with van der Waals surface area (Å²) in [6, 6.07) is 3.66. The number of nitrogens with one attached hydrogen (secondary N) is 1. The van der Waals surface area contributed by atoms with Crippen molar-refractivity contribution in [3.05, 3.63) is 30.1 Å². The Morgan fingerprint density at radius 2 is 2.50 bits per heavy atom. The molecule has 0 fully saturated rings. The number of hydrogen-bond acceptors (Lipinski definition) is 3. The van der Waals surface area contributed by atoms with E-state index in [4.69, 9.17) is 5.73 Å². The number of carbonyl (C=O) groups is 1. The number of hydrogen-bond donors (Lipinski definition) is 2. The zero-order valence-electron chi connectivity index (χ0n) is 7.66. The molecule has 0 bridgehead atoms. The van der Waals surface area contributed by atoms with Gasteiger partial charge in [0.1, 0.15) is 0 Å². The summed E-state index contributed by atoms with van der Waals surface area (Å²) >= 11 is 0. The lowest BCUT2D eigenvalue weighted by Crippen LogP contribution is -2.30. The molecule has 1 aromatic rings. The summed E-state index contributed by atoms with van der Waals surface area (Å²) in [6.07, 6.45) is 3.35. The van der Waals surface area contributed by atoms with Gasteiger partial charge >= 0.3 is 0 Å². The highest BCUT2D eigenvalue weighted by molar-refractivity contribution is 5.77. The van der Waals surface area contributed by atoms with E-state index in [2.05, 4.69) is 22.1 Å². The fourth-order valence-electron chi connectivity index (χ4n) is 0.798. The van der Waals surface area contributed by atoms with Gasteiger partial charge in [0, 0.05) is 18.0 Å². The van der Waals surface area contributed by atoms with Gasteiger partial charge < -0.3 is 11.1 Å². The minimum absolute atomic E-state index is 0.00538. The van der Waals surface area contributed by atoms with Gasteiger partial charge in [-0.05, 0) is 12.1 Å². The van der Waals surface area contributed by atoms with Crippen LogP contribution in [0.1, 0.15) is 5.56 Å². The molecule has 1 amide bonds. The smallest absolute Gasteiger partial charge is 0.234 e. The minimum atomic E-state index is -0.203. The molecule has 4 heteroatoms. The van der Waals surface area contributed by atoms with E-state index in [-0.39, 0.29) is 12.5 Å². The first-order chi connectivity index (χ1) is 6.83. The van der Waals surface area contributed by atoms with Crippen molar-refractivity contribution in [2.24, 2.45) is 5.73 Å². The number of nitrogens with zero attached hydrogens (tertiary/aromatic N) is 1. The van der Waals surface area contributed by atoms with Gasteiger partial charge in [0.2, 0.25) is 5.91 Å². The third kappa shape index (κ3) is 3.70. The molecular formula is C10H11N3O. The first-order valence-corrected chi connectivity index (χ1v) is 4.18. The monoisotopic (exact) mass is 189 g/mol. The zero-order valence-corrected chi connectivity index (χ0v) is 7.66. The van der Waals surface area contributed by atoms with Crippen molar-refractivity contribution in [1.82, 2.24) is 10.3 Å². The van der Waals surface area contributed by atoms with E-state index < -0.39 is 0 Å². The molecule has 72 valence electrons. The van der Waals surface area contributed by atoms with Gasteiger partial charge in [0.15, 0.2) is 0 Å². The molecule has 0 saturated heterocycles. The summed E-state index contributed by atoms with van der Waals surface area (Å²) in [4.78, 5) is 14.6. The van der Waals surface area contributed by atoms with Crippen molar-refractivity contribution in [2.75, 3.05) is 13.1 Å². The van der Waals surface area contributed by atoms with Crippen LogP contribution in [-0.4, -0.2) is 24.0 Å². The van der Waals surface area contributed by atoms with Crippen LogP contribution < -0.4 is 11.1 Å². The molecule has 0 radical (unpaired) electrons. The normalized spacial score (nSPS) is 8.64. The number of amides is 1. The van der Waals surface area contributed by atoms with Crippen LogP contribution >= 0.6 is 0 Å². The Hall–Kier alpha value is -1.86. The number of rotatable bonds is 2. The van der Waals surface area contributed by atoms with Crippen molar-refractivity contribution >= 4 is 5.91 Å². The van der Waals surface area contributed by atoms with Crippen LogP contribution in [0.15, 0.2) is 24.5 Å². The average molecular weight is 189 g/mol. The number of carbonyl (C=O) groups excluding carboxylic acids is 1. The average Bonchev–Trinajstić information content (AvgIpc) is 2.25. The van der Waals surface area contributed by atoms with Gasteiger partial charge in [-0.25, -0.2) is 0 Å². The lowest BCUT2D eigenvalue weighted by molar-refractivity contribution is -0.119. The molecule has 0 unspecified atom stereocenters. The van der Waals surface area contributed by atoms with Crippen LogP contribution in [0.5, 0.6) is 0 Å². The van der Waals surface area contributed by atoms with E-state index in [0.717, 1.165) is 5.56 Å². The van der Waals surface area contributed by atoms with E-state index in [1.54, 1.807) is 12.4 Å². The fraction of sp³-hybridized carbons (Fsp3) is 0.200. The molecule has 0 aliphatic carbocycles. The molecular weight excluding hydrogens is 178 g/mol. The SMILES string of the molecule is NCC(=O)NCC#Cc1cccnc1. The van der Waals surface area contributed by atoms with E-state index in [1.165, 1.54) is 0 Å². The Balaban J connectivity index is 2.38. The maximum absolute atomic E-state index is 10.7. The number of nitrogens with two attached hydrogens (primary N) is 1. The molecule has 0 aliphatic rings. The van der Waals surface area contributed by atoms with E-state index in [9.17, 15) is 4.79 Å². The van der Waals surface area contributed by atoms with E-state index in [1.807, 2.05) is 12.1 Å². The van der Waals surface area contributed by atoms with Crippen molar-refractivity contribution in [3.8, 4) is 11.8 Å². The Kier molecular flexibility index (Phi) is 4.18. The third-order valence-corrected chi connectivity index (χ3v) is 1.45. The second-order valence-electron chi connectivity index (χ2n) is 2.52. The predicted octanol–water partition coefficient (Wildman–Crippen LogP) is -0.492. The summed E-state index contributed by atoms with van der Waals surface area (Å²) in [7, 11) is 0. The predicted molar refractivity (Wildman–Crippen MR) is 53.2 cm³/mol. The fourth-order valence-corrected chi connectivity index (χ4v) is 0.798. The molecule has 1 rings (SSSR count). The zero-order chi connectivity index (χ0) is 10.2. The van der Waals surface area contributed by atoms with Crippen LogP contribution in [0.3, 0.4) is 0 Å². The molecule has 0 aromatic carbocycles. The van der Waals surface area contributed by atoms with E-state index >= 15 is 0 Å². The third-order valence-electron chi connectivity index (χ3n) is 1.45. The molecule has 14 heavy (non-hydrogen) atoms. The van der Waals surface area contributed by atoms with Crippen LogP contribution in [0, 0.1) is 11.8 Å². The molecule has 0 aliphatic heterocycles. The highest BCUT2D eigenvalue weighted by atomic mass is 16.1. The Morgan fingerprint density at radius 3 is 3.14 bits per heavy atom. The largest absolute Gasteiger partial charge is 0.344 e. The lowest BCUT2D eigenvalue weighted by atomic mass is 10.3. The minimum Gasteiger partial charge on any atom is -0.344 e. The van der Waals surface area contributed by atoms with E-state index in [0.29, 0.717) is 6.54 Å². The standard InChI is InChI=1S/C10H11N3O/c11-7-10(14)13-6-2-4-9-3-1-5-12-8-9/h1,3,5,8H,6-7,11H2,(H,13,14). The summed E-state index contributed by atoms with van der Waals surface area (Å²) in [6.45, 7) is 0.305. The van der Waals surface area contributed by atoms with Gasteiger partial charge in [0.25, 0.3) is 0 Å². The summed E-state index contributed by atoms with van der Waals surface area (Å²) < 4.78 is 0. The van der Waals surface area contributed by atoms with Gasteiger partial charge in [-0.15, -0.1) is 0 Å². The maximum Gasteiger partial charge on any atom is 0.234 e. The molecule has 3 N–H and O–H groups in total. The summed E-state index contributed by atoms with van der Waals surface area (Å²) in [5, 5.41) is 2.54. The molecule has 0 atom stereocenters. The molecule has 1 aromatic heterocycles. The van der Waals surface area contributed by atoms with Crippen LogP contribution in [0.2, 0.25) is 0 Å². The topological polar surface area (TPSA) is 68.0 Å². The second kappa shape index (κ2) is 5.73. The van der Waals surface area contributed by atoms with Crippen molar-refractivity contribution in [1.29, 1.82) is 0 Å². The summed E-state index contributed by atoms with van der Waals surface area (Å²) in [5.74, 6) is 5.44. The molecule has 0 spiro atoms. The molecule has 0 saturated carbocycles. The lowest BCUT2D eigenvalue weighted by Gasteiger charge is -1.94. The highest BCUT2D eigenvalue weighted by Crippen LogP contribution is 1.90. The number of aromatic nitrogens is 1. The quantitative estimate of drug-likeness (QED) is 0.617. The van der Waals surface area contributed by atoms with Gasteiger partial charge in [-0.2, -0.15) is 0 Å². The first kappa shape index (κ1) is 10.2. The maximum atomic E-state index is 10.7. The Morgan fingerprint density at radius 1 is 1.64 bits per heavy atom. The van der Waals surface area contributed by atoms with Gasteiger partial charge in [-0.3, -0.25) is 9.78 Å². The van der Waals surface area contributed by atoms with Crippen LogP contribution in [0.4, 0.5) is 0 Å². The summed E-state index contributed by atoms with van der Waals surface area (Å²) in [5.41, 5.74) is 5.92. The Labute approximate surface area is 82.5 Å². The van der Waals surface area contributed by atoms with Gasteiger partial charge in [-0.1, -0.05) is 11.8 Å². The molecule has 4 nitrogen and oxygen atoms in total. The second-order valence-corrected chi connectivity index (χ2v) is 2.52. The van der Waals surface area contributed by atoms with Gasteiger partial charge in [0.05, 0.1) is 13.1 Å². The molecule has 1 heterocycles. The van der Waals surface area contributed by atoms with Crippen LogP contribution in [0.25, 0.3) is 0 Å². The highest BCUT2D eigenvalue weighted by Gasteiger charge is 1.91. The number of pyridine rings is 1. The first-order valence-electron chi connectivity index (χ1n) is 4.18. The van der Waals surface area contributed by atoms with Crippen molar-refractivity contribution in [3.63, 3.8) is 0 Å². The van der Waals surface area contributed by atoms with Crippen molar-refractivity contribution in [2.45, 2.75) is 0 Å². The Bertz CT molecular complexity index is 351.